The Morgan fingerprint density at radius 3 is 2.25 bits per heavy atom. The molecule has 2 aromatic rings. The number of esters is 1. The van der Waals surface area contributed by atoms with Gasteiger partial charge in [-0.05, 0) is 29.2 Å². The van der Waals surface area contributed by atoms with E-state index in [1.54, 1.807) is 24.3 Å². The number of ether oxygens (including phenoxy) is 1. The molecule has 1 atom stereocenters. The molecule has 6 nitrogen and oxygen atoms in total. The van der Waals surface area contributed by atoms with Gasteiger partial charge in [0.05, 0.1) is 5.92 Å². The fraction of sp³-hybridized carbons (Fsp3) is 0.286. The number of rotatable bonds is 7. The van der Waals surface area contributed by atoms with Gasteiger partial charge in [0.1, 0.15) is 0 Å². The Hall–Kier alpha value is -2.86. The highest BCUT2D eigenvalue weighted by atomic mass is 35.5. The van der Waals surface area contributed by atoms with Crippen molar-refractivity contribution in [2.45, 2.75) is 26.3 Å². The van der Waals surface area contributed by atoms with Crippen LogP contribution in [0.2, 0.25) is 5.02 Å². The van der Waals surface area contributed by atoms with E-state index >= 15 is 0 Å². The molecule has 0 spiro atoms. The number of hydrogen-bond acceptors (Lipinski definition) is 4. The zero-order valence-electron chi connectivity index (χ0n) is 15.8. The van der Waals surface area contributed by atoms with Gasteiger partial charge in [0.15, 0.2) is 6.61 Å². The number of benzene rings is 2. The summed E-state index contributed by atoms with van der Waals surface area (Å²) in [4.78, 5) is 36.1. The standard InChI is InChI=1S/C21H23ClN2O4/c1-14(2)19(16-8-10-17(22)11-9-16)20(26)28-13-18(25)24-21(27)23-12-15-6-4-3-5-7-15/h3-11,14,19H,12-13H2,1-2H3,(H2,23,24,25,27)/t19-/m1/s1. The van der Waals surface area contributed by atoms with Gasteiger partial charge in [-0.2, -0.15) is 0 Å². The molecule has 0 bridgehead atoms. The van der Waals surface area contributed by atoms with Crippen LogP contribution in [0.1, 0.15) is 30.9 Å². The van der Waals surface area contributed by atoms with Crippen molar-refractivity contribution in [3.8, 4) is 0 Å². The number of halogens is 1. The summed E-state index contributed by atoms with van der Waals surface area (Å²) >= 11 is 5.88. The molecule has 2 aromatic carbocycles. The third-order valence-electron chi connectivity index (χ3n) is 4.04. The molecular weight excluding hydrogens is 380 g/mol. The number of carbonyl (C=O) groups excluding carboxylic acids is 3. The molecule has 0 aliphatic heterocycles. The largest absolute Gasteiger partial charge is 0.455 e. The first-order valence-corrected chi connectivity index (χ1v) is 9.28. The molecular formula is C21H23ClN2O4. The van der Waals surface area contributed by atoms with Crippen molar-refractivity contribution < 1.29 is 19.1 Å². The van der Waals surface area contributed by atoms with Crippen LogP contribution < -0.4 is 10.6 Å². The smallest absolute Gasteiger partial charge is 0.321 e. The number of amides is 3. The first kappa shape index (κ1) is 21.4. The molecule has 0 fully saturated rings. The first-order chi connectivity index (χ1) is 13.4. The molecule has 0 saturated heterocycles. The summed E-state index contributed by atoms with van der Waals surface area (Å²) in [5, 5.41) is 5.27. The lowest BCUT2D eigenvalue weighted by molar-refractivity contribution is -0.150. The molecule has 0 aliphatic carbocycles. The molecule has 28 heavy (non-hydrogen) atoms. The maximum atomic E-state index is 12.4. The van der Waals surface area contributed by atoms with Crippen LogP contribution in [0.5, 0.6) is 0 Å². The normalized spacial score (nSPS) is 11.6. The number of hydrogen-bond donors (Lipinski definition) is 2. The molecule has 3 amide bonds. The Kier molecular flexibility index (Phi) is 8.02. The van der Waals surface area contributed by atoms with E-state index in [-0.39, 0.29) is 12.5 Å². The highest BCUT2D eigenvalue weighted by molar-refractivity contribution is 6.30. The van der Waals surface area contributed by atoms with Crippen molar-refractivity contribution in [1.29, 1.82) is 0 Å². The van der Waals surface area contributed by atoms with E-state index in [1.165, 1.54) is 0 Å². The molecule has 148 valence electrons. The molecule has 2 rings (SSSR count). The highest BCUT2D eigenvalue weighted by Crippen LogP contribution is 2.27. The lowest BCUT2D eigenvalue weighted by atomic mass is 9.88. The van der Waals surface area contributed by atoms with Gasteiger partial charge < -0.3 is 10.1 Å². The van der Waals surface area contributed by atoms with E-state index < -0.39 is 30.4 Å². The van der Waals surface area contributed by atoms with Crippen LogP contribution in [0.15, 0.2) is 54.6 Å². The lowest BCUT2D eigenvalue weighted by Crippen LogP contribution is -2.41. The van der Waals surface area contributed by atoms with Crippen LogP contribution in [0, 0.1) is 5.92 Å². The summed E-state index contributed by atoms with van der Waals surface area (Å²) in [5.74, 6) is -1.79. The highest BCUT2D eigenvalue weighted by Gasteiger charge is 2.26. The monoisotopic (exact) mass is 402 g/mol. The van der Waals surface area contributed by atoms with Crippen molar-refractivity contribution in [1.82, 2.24) is 10.6 Å². The summed E-state index contributed by atoms with van der Waals surface area (Å²) in [6.45, 7) is 3.52. The van der Waals surface area contributed by atoms with Crippen molar-refractivity contribution in [2.24, 2.45) is 5.92 Å². The quantitative estimate of drug-likeness (QED) is 0.692. The summed E-state index contributed by atoms with van der Waals surface area (Å²) in [7, 11) is 0. The van der Waals surface area contributed by atoms with Crippen LogP contribution in [-0.4, -0.2) is 24.5 Å². The van der Waals surface area contributed by atoms with Gasteiger partial charge in [-0.1, -0.05) is 67.9 Å². The minimum atomic E-state index is -0.697. The summed E-state index contributed by atoms with van der Waals surface area (Å²) < 4.78 is 5.11. The number of carbonyl (C=O) groups is 3. The third-order valence-corrected chi connectivity index (χ3v) is 4.30. The Morgan fingerprint density at radius 2 is 1.64 bits per heavy atom. The van der Waals surface area contributed by atoms with Crippen molar-refractivity contribution in [3.63, 3.8) is 0 Å². The first-order valence-electron chi connectivity index (χ1n) is 8.90. The topological polar surface area (TPSA) is 84.5 Å². The van der Waals surface area contributed by atoms with E-state index in [4.69, 9.17) is 16.3 Å². The van der Waals surface area contributed by atoms with Crippen molar-refractivity contribution in [2.75, 3.05) is 6.61 Å². The Balaban J connectivity index is 1.82. The van der Waals surface area contributed by atoms with Gasteiger partial charge in [-0.25, -0.2) is 4.79 Å². The second kappa shape index (κ2) is 10.5. The van der Waals surface area contributed by atoms with Crippen LogP contribution >= 0.6 is 11.6 Å². The minimum Gasteiger partial charge on any atom is -0.455 e. The Morgan fingerprint density at radius 1 is 1.00 bits per heavy atom. The predicted octanol–water partition coefficient (Wildman–Crippen LogP) is 3.65. The number of imide groups is 1. The van der Waals surface area contributed by atoms with E-state index in [0.717, 1.165) is 11.1 Å². The van der Waals surface area contributed by atoms with Gasteiger partial charge in [-0.3, -0.25) is 14.9 Å². The van der Waals surface area contributed by atoms with E-state index in [9.17, 15) is 14.4 Å². The van der Waals surface area contributed by atoms with Crippen LogP contribution in [-0.2, 0) is 20.9 Å². The summed E-state index contributed by atoms with van der Waals surface area (Å²) in [5.41, 5.74) is 1.66. The van der Waals surface area contributed by atoms with Crippen LogP contribution in [0.25, 0.3) is 0 Å². The summed E-state index contributed by atoms with van der Waals surface area (Å²) in [6.07, 6.45) is 0. The summed E-state index contributed by atoms with van der Waals surface area (Å²) in [6, 6.07) is 15.5. The second-order valence-electron chi connectivity index (χ2n) is 6.60. The second-order valence-corrected chi connectivity index (χ2v) is 7.03. The molecule has 0 aliphatic rings. The fourth-order valence-corrected chi connectivity index (χ4v) is 2.80. The van der Waals surface area contributed by atoms with Gasteiger partial charge in [0, 0.05) is 11.6 Å². The molecule has 0 heterocycles. The fourth-order valence-electron chi connectivity index (χ4n) is 2.67. The Labute approximate surface area is 169 Å². The average Bonchev–Trinajstić information content (AvgIpc) is 2.67. The maximum Gasteiger partial charge on any atom is 0.321 e. The minimum absolute atomic E-state index is 0.0362. The molecule has 0 aromatic heterocycles. The maximum absolute atomic E-state index is 12.4. The molecule has 2 N–H and O–H groups in total. The lowest BCUT2D eigenvalue weighted by Gasteiger charge is -2.19. The van der Waals surface area contributed by atoms with E-state index in [0.29, 0.717) is 5.02 Å². The molecule has 0 radical (unpaired) electrons. The number of nitrogens with one attached hydrogen (secondary N) is 2. The number of urea groups is 1. The van der Waals surface area contributed by atoms with Gasteiger partial charge in [0.25, 0.3) is 5.91 Å². The van der Waals surface area contributed by atoms with Crippen LogP contribution in [0.3, 0.4) is 0 Å². The Bertz CT molecular complexity index is 807. The van der Waals surface area contributed by atoms with Crippen molar-refractivity contribution >= 4 is 29.5 Å². The molecule has 0 unspecified atom stereocenters. The zero-order chi connectivity index (χ0) is 20.5. The van der Waals surface area contributed by atoms with E-state index in [1.807, 2.05) is 44.2 Å². The van der Waals surface area contributed by atoms with Gasteiger partial charge in [0.2, 0.25) is 0 Å². The average molecular weight is 403 g/mol. The SMILES string of the molecule is CC(C)[C@@H](C(=O)OCC(=O)NC(=O)NCc1ccccc1)c1ccc(Cl)cc1. The third kappa shape index (κ3) is 6.70. The zero-order valence-corrected chi connectivity index (χ0v) is 16.5. The van der Waals surface area contributed by atoms with Gasteiger partial charge >= 0.3 is 12.0 Å². The molecule has 7 heteroatoms. The van der Waals surface area contributed by atoms with E-state index in [2.05, 4.69) is 10.6 Å². The van der Waals surface area contributed by atoms with Crippen molar-refractivity contribution in [3.05, 3.63) is 70.7 Å². The van der Waals surface area contributed by atoms with Gasteiger partial charge in [-0.15, -0.1) is 0 Å². The predicted molar refractivity (Wildman–Crippen MR) is 107 cm³/mol. The van der Waals surface area contributed by atoms with Crippen LogP contribution in [0.4, 0.5) is 4.79 Å². The molecule has 0 saturated carbocycles.